The topological polar surface area (TPSA) is 17.1 Å². The van der Waals surface area contributed by atoms with Gasteiger partial charge < -0.3 is 0 Å². The van der Waals surface area contributed by atoms with Gasteiger partial charge in [-0.3, -0.25) is 4.79 Å². The van der Waals surface area contributed by atoms with Crippen molar-refractivity contribution in [2.75, 3.05) is 0 Å². The molecular weight excluding hydrogens is 176 g/mol. The van der Waals surface area contributed by atoms with Gasteiger partial charge in [-0.2, -0.15) is 0 Å². The maximum atomic E-state index is 11.3. The summed E-state index contributed by atoms with van der Waals surface area (Å²) in [7, 11) is 0. The lowest BCUT2D eigenvalue weighted by molar-refractivity contribution is -0.125. The van der Waals surface area contributed by atoms with Crippen molar-refractivity contribution < 1.29 is 4.79 Å². The molecule has 0 fully saturated rings. The third-order valence-electron chi connectivity index (χ3n) is 1.54. The first kappa shape index (κ1) is 11.1. The summed E-state index contributed by atoms with van der Waals surface area (Å²) in [6.45, 7) is 5.70. The van der Waals surface area contributed by atoms with Crippen LogP contribution in [0.5, 0.6) is 0 Å². The van der Waals surface area contributed by atoms with Crippen molar-refractivity contribution in [3.8, 4) is 0 Å². The summed E-state index contributed by atoms with van der Waals surface area (Å²) in [4.78, 5) is 11.3. The standard InChI is InChI=1S/C8H14OS2/c1-5(2)8(9)6(3)4-7(10)11/h5-6H,4H2,1-3H3,(H,10,11). The largest absolute Gasteiger partial charge is 0.299 e. The Hall–Kier alpha value is 0.110. The Balaban J connectivity index is 3.93. The van der Waals surface area contributed by atoms with E-state index in [0.717, 1.165) is 0 Å². The molecule has 0 radical (unpaired) electrons. The van der Waals surface area contributed by atoms with Crippen molar-refractivity contribution in [2.45, 2.75) is 27.2 Å². The third-order valence-corrected chi connectivity index (χ3v) is 1.88. The molecule has 1 atom stereocenters. The number of thiocarbonyl (C=S) groups is 1. The highest BCUT2D eigenvalue weighted by Gasteiger charge is 2.16. The molecule has 0 saturated carbocycles. The second-order valence-electron chi connectivity index (χ2n) is 3.06. The van der Waals surface area contributed by atoms with E-state index < -0.39 is 0 Å². The molecule has 0 amide bonds. The highest BCUT2D eigenvalue weighted by molar-refractivity contribution is 8.11. The van der Waals surface area contributed by atoms with Gasteiger partial charge in [0.05, 0.1) is 0 Å². The second-order valence-corrected chi connectivity index (χ2v) is 4.39. The first-order chi connectivity index (χ1) is 4.95. The van der Waals surface area contributed by atoms with E-state index in [1.54, 1.807) is 0 Å². The van der Waals surface area contributed by atoms with Gasteiger partial charge in [-0.25, -0.2) is 0 Å². The van der Waals surface area contributed by atoms with Gasteiger partial charge in [0, 0.05) is 16.0 Å². The SMILES string of the molecule is CC(C)C(=O)C(C)CC(=S)S. The van der Waals surface area contributed by atoms with Gasteiger partial charge in [-0.1, -0.05) is 33.0 Å². The van der Waals surface area contributed by atoms with Crippen LogP contribution < -0.4 is 0 Å². The molecule has 0 aliphatic heterocycles. The van der Waals surface area contributed by atoms with Crippen LogP contribution in [0.4, 0.5) is 0 Å². The van der Waals surface area contributed by atoms with Gasteiger partial charge in [-0.15, -0.1) is 12.6 Å². The second kappa shape index (κ2) is 4.88. The molecular formula is C8H14OS2. The number of carbonyl (C=O) groups is 1. The molecule has 0 heterocycles. The van der Waals surface area contributed by atoms with E-state index in [4.69, 9.17) is 12.2 Å². The zero-order chi connectivity index (χ0) is 9.02. The van der Waals surface area contributed by atoms with Crippen molar-refractivity contribution in [1.29, 1.82) is 0 Å². The van der Waals surface area contributed by atoms with Crippen LogP contribution in [0.3, 0.4) is 0 Å². The van der Waals surface area contributed by atoms with Crippen LogP contribution in [0.2, 0.25) is 0 Å². The number of rotatable bonds is 4. The minimum absolute atomic E-state index is 0.0278. The Morgan fingerprint density at radius 2 is 1.91 bits per heavy atom. The van der Waals surface area contributed by atoms with Crippen molar-refractivity contribution in [3.05, 3.63) is 0 Å². The lowest BCUT2D eigenvalue weighted by Crippen LogP contribution is -2.18. The minimum Gasteiger partial charge on any atom is -0.299 e. The molecule has 0 bridgehead atoms. The van der Waals surface area contributed by atoms with E-state index in [9.17, 15) is 4.79 Å². The van der Waals surface area contributed by atoms with Crippen molar-refractivity contribution >= 4 is 34.8 Å². The molecule has 0 spiro atoms. The zero-order valence-corrected chi connectivity index (χ0v) is 8.84. The number of hydrogen-bond donors (Lipinski definition) is 1. The number of hydrogen-bond acceptors (Lipinski definition) is 2. The fourth-order valence-electron chi connectivity index (χ4n) is 0.932. The number of Topliss-reactive ketones (excluding diaryl/α,β-unsaturated/α-hetero) is 1. The Kier molecular flexibility index (Phi) is 4.93. The van der Waals surface area contributed by atoms with E-state index in [2.05, 4.69) is 12.6 Å². The lowest BCUT2D eigenvalue weighted by Gasteiger charge is -2.10. The molecule has 0 aromatic rings. The predicted molar refractivity (Wildman–Crippen MR) is 55.2 cm³/mol. The zero-order valence-electron chi connectivity index (χ0n) is 7.13. The predicted octanol–water partition coefficient (Wildman–Crippen LogP) is 2.49. The third kappa shape index (κ3) is 4.53. The molecule has 64 valence electrons. The summed E-state index contributed by atoms with van der Waals surface area (Å²) in [6.07, 6.45) is 0.620. The van der Waals surface area contributed by atoms with Gasteiger partial charge in [0.15, 0.2) is 0 Å². The van der Waals surface area contributed by atoms with Crippen LogP contribution in [-0.2, 0) is 4.79 Å². The van der Waals surface area contributed by atoms with E-state index in [0.29, 0.717) is 10.6 Å². The average molecular weight is 190 g/mol. The van der Waals surface area contributed by atoms with Crippen LogP contribution in [0, 0.1) is 11.8 Å². The smallest absolute Gasteiger partial charge is 0.138 e. The van der Waals surface area contributed by atoms with Crippen molar-refractivity contribution in [1.82, 2.24) is 0 Å². The molecule has 0 aromatic heterocycles. The maximum absolute atomic E-state index is 11.3. The molecule has 11 heavy (non-hydrogen) atoms. The monoisotopic (exact) mass is 190 g/mol. The van der Waals surface area contributed by atoms with Crippen LogP contribution in [-0.4, -0.2) is 9.98 Å². The summed E-state index contributed by atoms with van der Waals surface area (Å²) in [5.41, 5.74) is 0. The summed E-state index contributed by atoms with van der Waals surface area (Å²) >= 11 is 8.77. The molecule has 0 aliphatic rings. The van der Waals surface area contributed by atoms with Gasteiger partial charge in [0.1, 0.15) is 5.78 Å². The molecule has 0 rings (SSSR count). The molecule has 0 aromatic carbocycles. The van der Waals surface area contributed by atoms with Gasteiger partial charge in [0.25, 0.3) is 0 Å². The Morgan fingerprint density at radius 1 is 1.45 bits per heavy atom. The van der Waals surface area contributed by atoms with E-state index in [1.165, 1.54) is 0 Å². The summed E-state index contributed by atoms with van der Waals surface area (Å²) in [5.74, 6) is 0.397. The van der Waals surface area contributed by atoms with Gasteiger partial charge >= 0.3 is 0 Å². The fraction of sp³-hybridized carbons (Fsp3) is 0.750. The average Bonchev–Trinajstić information content (AvgIpc) is 1.84. The molecule has 1 nitrogen and oxygen atoms in total. The van der Waals surface area contributed by atoms with E-state index in [-0.39, 0.29) is 17.6 Å². The van der Waals surface area contributed by atoms with E-state index >= 15 is 0 Å². The van der Waals surface area contributed by atoms with Crippen molar-refractivity contribution in [3.63, 3.8) is 0 Å². The Morgan fingerprint density at radius 3 is 2.18 bits per heavy atom. The van der Waals surface area contributed by atoms with E-state index in [1.807, 2.05) is 20.8 Å². The van der Waals surface area contributed by atoms with Crippen LogP contribution >= 0.6 is 24.8 Å². The molecule has 1 unspecified atom stereocenters. The number of thiol groups is 1. The van der Waals surface area contributed by atoms with Gasteiger partial charge in [-0.05, 0) is 6.42 Å². The Bertz CT molecular complexity index is 163. The highest BCUT2D eigenvalue weighted by atomic mass is 32.1. The lowest BCUT2D eigenvalue weighted by atomic mass is 9.95. The summed E-state index contributed by atoms with van der Waals surface area (Å²) in [5, 5.41) is 0. The normalized spacial score (nSPS) is 13.2. The van der Waals surface area contributed by atoms with Gasteiger partial charge in [0.2, 0.25) is 0 Å². The number of carbonyl (C=O) groups excluding carboxylic acids is 1. The fourth-order valence-corrected chi connectivity index (χ4v) is 1.46. The first-order valence-corrected chi connectivity index (χ1v) is 4.56. The quantitative estimate of drug-likeness (QED) is 0.542. The van der Waals surface area contributed by atoms with Crippen LogP contribution in [0.15, 0.2) is 0 Å². The highest BCUT2D eigenvalue weighted by Crippen LogP contribution is 2.12. The summed E-state index contributed by atoms with van der Waals surface area (Å²) < 4.78 is 0.617. The van der Waals surface area contributed by atoms with Crippen LogP contribution in [0.1, 0.15) is 27.2 Å². The maximum Gasteiger partial charge on any atom is 0.138 e. The Labute approximate surface area is 79.0 Å². The molecule has 0 N–H and O–H groups in total. The van der Waals surface area contributed by atoms with Crippen LogP contribution in [0.25, 0.3) is 0 Å². The molecule has 0 saturated heterocycles. The van der Waals surface area contributed by atoms with Crippen molar-refractivity contribution in [2.24, 2.45) is 11.8 Å². The first-order valence-electron chi connectivity index (χ1n) is 3.70. The molecule has 0 aliphatic carbocycles. The molecule has 3 heteroatoms. The summed E-state index contributed by atoms with van der Waals surface area (Å²) in [6, 6.07) is 0. The minimum atomic E-state index is 0.0278. The number of ketones is 1.